The van der Waals surface area contributed by atoms with Crippen LogP contribution in [0.2, 0.25) is 0 Å². The molecule has 1 saturated heterocycles. The number of hydrogen-bond acceptors (Lipinski definition) is 4. The number of fused-ring (bicyclic) bond motifs is 2. The first-order valence-electron chi connectivity index (χ1n) is 12.2. The molecule has 4 aromatic heterocycles. The highest BCUT2D eigenvalue weighted by molar-refractivity contribution is 5.87. The van der Waals surface area contributed by atoms with Gasteiger partial charge in [-0.3, -0.25) is 4.98 Å². The molecular weight excluding hydrogens is 432 g/mol. The predicted octanol–water partition coefficient (Wildman–Crippen LogP) is 5.10. The van der Waals surface area contributed by atoms with E-state index in [1.807, 2.05) is 12.4 Å². The van der Waals surface area contributed by atoms with Crippen molar-refractivity contribution in [3.05, 3.63) is 96.6 Å². The van der Waals surface area contributed by atoms with Crippen LogP contribution in [0.15, 0.2) is 79.8 Å². The van der Waals surface area contributed by atoms with Crippen LogP contribution in [0.25, 0.3) is 33.6 Å². The maximum absolute atomic E-state index is 6.22. The van der Waals surface area contributed by atoms with Crippen LogP contribution in [0.4, 0.5) is 0 Å². The molecule has 0 amide bonds. The minimum absolute atomic E-state index is 0.215. The van der Waals surface area contributed by atoms with Gasteiger partial charge in [0.1, 0.15) is 11.3 Å². The van der Waals surface area contributed by atoms with E-state index in [9.17, 15) is 0 Å². The normalized spacial score (nSPS) is 16.3. The summed E-state index contributed by atoms with van der Waals surface area (Å²) in [6.07, 6.45) is 8.00. The quantitative estimate of drug-likeness (QED) is 0.395. The van der Waals surface area contributed by atoms with Gasteiger partial charge in [-0.1, -0.05) is 24.8 Å². The molecule has 5 heterocycles. The molecular formula is C29H30N6. The number of likely N-dealkylation sites (tertiary alicyclic amines) is 1. The largest absolute Gasteiger partial charge is 0.370 e. The van der Waals surface area contributed by atoms with E-state index < -0.39 is 0 Å². The lowest BCUT2D eigenvalue weighted by Crippen LogP contribution is -2.41. The van der Waals surface area contributed by atoms with Crippen molar-refractivity contribution in [2.24, 2.45) is 5.73 Å². The summed E-state index contributed by atoms with van der Waals surface area (Å²) in [5, 5.41) is 1.21. The van der Waals surface area contributed by atoms with Crippen molar-refractivity contribution in [1.82, 2.24) is 23.8 Å². The molecule has 1 unspecified atom stereocenters. The average molecular weight is 463 g/mol. The number of benzene rings is 1. The Bertz CT molecular complexity index is 1530. The summed E-state index contributed by atoms with van der Waals surface area (Å²) in [5.74, 6) is 0. The van der Waals surface area contributed by atoms with E-state index in [0.717, 1.165) is 66.5 Å². The standard InChI is InChI=1S/C29H30N6/c1-20(33-14-5-7-25(30)19-33)23-11-15-34-21(2)29(32-28(34)17-23)27-16-24-6-3-4-8-26(24)35(27)18-22-9-12-31-13-10-22/h3-4,6,8-13,15-17,25H,1,5,7,14,18-19,30H2,2H3. The SMILES string of the molecule is C=C(c1ccn2c(C)c(-c3cc4ccccc4n3Cc3ccncc3)nc2c1)N1CCCC(N)C1. The lowest BCUT2D eigenvalue weighted by atomic mass is 10.0. The van der Waals surface area contributed by atoms with Gasteiger partial charge >= 0.3 is 0 Å². The van der Waals surface area contributed by atoms with E-state index in [4.69, 9.17) is 10.7 Å². The molecule has 1 aliphatic rings. The summed E-state index contributed by atoms with van der Waals surface area (Å²) < 4.78 is 4.52. The predicted molar refractivity (Wildman–Crippen MR) is 142 cm³/mol. The molecule has 2 N–H and O–H groups in total. The third-order valence-electron chi connectivity index (χ3n) is 7.18. The van der Waals surface area contributed by atoms with Gasteiger partial charge in [-0.2, -0.15) is 0 Å². The van der Waals surface area contributed by atoms with Crippen molar-refractivity contribution in [1.29, 1.82) is 0 Å². The smallest absolute Gasteiger partial charge is 0.138 e. The summed E-state index contributed by atoms with van der Waals surface area (Å²) in [6.45, 7) is 9.16. The molecule has 5 aromatic rings. The first-order valence-corrected chi connectivity index (χ1v) is 12.2. The molecule has 0 bridgehead atoms. The zero-order chi connectivity index (χ0) is 23.9. The number of aryl methyl sites for hydroxylation is 1. The Morgan fingerprint density at radius 2 is 1.94 bits per heavy atom. The Kier molecular flexibility index (Phi) is 5.38. The Hall–Kier alpha value is -3.90. The minimum Gasteiger partial charge on any atom is -0.370 e. The molecule has 0 aliphatic carbocycles. The molecule has 6 heteroatoms. The van der Waals surface area contributed by atoms with E-state index in [0.29, 0.717) is 0 Å². The Morgan fingerprint density at radius 1 is 1.11 bits per heavy atom. The van der Waals surface area contributed by atoms with Crippen LogP contribution >= 0.6 is 0 Å². The maximum atomic E-state index is 6.22. The summed E-state index contributed by atoms with van der Waals surface area (Å²) in [6, 6.07) is 19.4. The van der Waals surface area contributed by atoms with Gasteiger partial charge < -0.3 is 19.6 Å². The molecule has 1 fully saturated rings. The highest BCUT2D eigenvalue weighted by atomic mass is 15.2. The van der Waals surface area contributed by atoms with E-state index in [2.05, 4.69) is 93.1 Å². The van der Waals surface area contributed by atoms with Crippen molar-refractivity contribution in [2.45, 2.75) is 32.4 Å². The van der Waals surface area contributed by atoms with Gasteiger partial charge in [0.2, 0.25) is 0 Å². The fourth-order valence-corrected chi connectivity index (χ4v) is 5.27. The lowest BCUT2D eigenvalue weighted by Gasteiger charge is -2.34. The molecule has 6 rings (SSSR count). The number of nitrogens with zero attached hydrogens (tertiary/aromatic N) is 5. The molecule has 0 spiro atoms. The van der Waals surface area contributed by atoms with Crippen molar-refractivity contribution >= 4 is 22.2 Å². The molecule has 176 valence electrons. The highest BCUT2D eigenvalue weighted by Crippen LogP contribution is 2.32. The third kappa shape index (κ3) is 3.90. The molecule has 1 aliphatic heterocycles. The number of imidazole rings is 1. The van der Waals surface area contributed by atoms with Gasteiger partial charge in [0.15, 0.2) is 0 Å². The number of para-hydroxylation sites is 1. The lowest BCUT2D eigenvalue weighted by molar-refractivity contribution is 0.296. The highest BCUT2D eigenvalue weighted by Gasteiger charge is 2.21. The van der Waals surface area contributed by atoms with Gasteiger partial charge in [0.05, 0.1) is 5.69 Å². The average Bonchev–Trinajstić information content (AvgIpc) is 3.41. The van der Waals surface area contributed by atoms with Crippen LogP contribution in [0.5, 0.6) is 0 Å². The van der Waals surface area contributed by atoms with Crippen LogP contribution in [-0.2, 0) is 6.54 Å². The minimum atomic E-state index is 0.215. The second-order valence-electron chi connectivity index (χ2n) is 9.51. The van der Waals surface area contributed by atoms with Crippen molar-refractivity contribution in [3.8, 4) is 11.4 Å². The number of nitrogens with two attached hydrogens (primary N) is 1. The van der Waals surface area contributed by atoms with Crippen LogP contribution in [0.1, 0.15) is 29.7 Å². The first kappa shape index (κ1) is 21.6. The topological polar surface area (TPSA) is 64.4 Å². The maximum Gasteiger partial charge on any atom is 0.138 e. The summed E-state index contributed by atoms with van der Waals surface area (Å²) in [5.41, 5.74) is 14.9. The molecule has 6 nitrogen and oxygen atoms in total. The van der Waals surface area contributed by atoms with E-state index in [1.54, 1.807) is 0 Å². The number of aromatic nitrogens is 4. The summed E-state index contributed by atoms with van der Waals surface area (Å²) in [4.78, 5) is 11.6. The molecule has 35 heavy (non-hydrogen) atoms. The van der Waals surface area contributed by atoms with Gasteiger partial charge in [-0.15, -0.1) is 0 Å². The third-order valence-corrected chi connectivity index (χ3v) is 7.18. The van der Waals surface area contributed by atoms with Gasteiger partial charge in [-0.25, -0.2) is 4.98 Å². The number of pyridine rings is 2. The van der Waals surface area contributed by atoms with E-state index in [1.165, 1.54) is 16.5 Å². The van der Waals surface area contributed by atoms with Gasteiger partial charge in [0.25, 0.3) is 0 Å². The number of hydrogen-bond donors (Lipinski definition) is 1. The number of piperidine rings is 1. The van der Waals surface area contributed by atoms with Crippen LogP contribution < -0.4 is 5.73 Å². The summed E-state index contributed by atoms with van der Waals surface area (Å²) >= 11 is 0. The number of rotatable bonds is 5. The second-order valence-corrected chi connectivity index (χ2v) is 9.51. The Morgan fingerprint density at radius 3 is 2.77 bits per heavy atom. The van der Waals surface area contributed by atoms with Crippen LogP contribution in [-0.4, -0.2) is 43.0 Å². The molecule has 1 atom stereocenters. The second kappa shape index (κ2) is 8.71. The monoisotopic (exact) mass is 462 g/mol. The van der Waals surface area contributed by atoms with Crippen molar-refractivity contribution in [3.63, 3.8) is 0 Å². The Labute approximate surface area is 205 Å². The summed E-state index contributed by atoms with van der Waals surface area (Å²) in [7, 11) is 0. The Balaban J connectivity index is 1.43. The van der Waals surface area contributed by atoms with E-state index >= 15 is 0 Å². The van der Waals surface area contributed by atoms with Crippen LogP contribution in [0.3, 0.4) is 0 Å². The van der Waals surface area contributed by atoms with Crippen molar-refractivity contribution in [2.75, 3.05) is 13.1 Å². The fraction of sp³-hybridized carbons (Fsp3) is 0.241. The molecule has 0 radical (unpaired) electrons. The molecule has 0 saturated carbocycles. The van der Waals surface area contributed by atoms with Crippen LogP contribution in [0, 0.1) is 6.92 Å². The zero-order valence-corrected chi connectivity index (χ0v) is 20.1. The molecule has 1 aromatic carbocycles. The van der Waals surface area contributed by atoms with Crippen molar-refractivity contribution < 1.29 is 0 Å². The van der Waals surface area contributed by atoms with E-state index in [-0.39, 0.29) is 6.04 Å². The zero-order valence-electron chi connectivity index (χ0n) is 20.1. The fourth-order valence-electron chi connectivity index (χ4n) is 5.27. The first-order chi connectivity index (χ1) is 17.1. The van der Waals surface area contributed by atoms with Gasteiger partial charge in [-0.05, 0) is 61.7 Å². The van der Waals surface area contributed by atoms with Gasteiger partial charge in [0, 0.05) is 72.1 Å².